The summed E-state index contributed by atoms with van der Waals surface area (Å²) in [6.45, 7) is 4.91. The van der Waals surface area contributed by atoms with Gasteiger partial charge >= 0.3 is 5.97 Å². The zero-order chi connectivity index (χ0) is 51.4. The van der Waals surface area contributed by atoms with Gasteiger partial charge in [-0.3, -0.25) is 9.59 Å². The Morgan fingerprint density at radius 1 is 0.380 bits per heavy atom. The summed E-state index contributed by atoms with van der Waals surface area (Å²) < 4.78 is 5.49. The van der Waals surface area contributed by atoms with E-state index in [4.69, 9.17) is 4.74 Å². The van der Waals surface area contributed by atoms with Crippen molar-refractivity contribution in [3.63, 3.8) is 0 Å². The van der Waals surface area contributed by atoms with Crippen LogP contribution in [0.2, 0.25) is 0 Å². The highest BCUT2D eigenvalue weighted by Crippen LogP contribution is 2.18. The minimum Gasteiger partial charge on any atom is -0.466 e. The van der Waals surface area contributed by atoms with Crippen molar-refractivity contribution in [1.29, 1.82) is 0 Å². The third-order valence-electron chi connectivity index (χ3n) is 15.0. The van der Waals surface area contributed by atoms with Gasteiger partial charge in [-0.05, 0) is 57.8 Å². The van der Waals surface area contributed by atoms with Gasteiger partial charge in [-0.1, -0.05) is 308 Å². The molecule has 0 bridgehead atoms. The van der Waals surface area contributed by atoms with Gasteiger partial charge in [0, 0.05) is 12.8 Å². The lowest BCUT2D eigenvalue weighted by molar-refractivity contribution is -0.143. The van der Waals surface area contributed by atoms with E-state index in [0.29, 0.717) is 19.4 Å². The predicted octanol–water partition coefficient (Wildman–Crippen LogP) is 20.2. The molecule has 0 heterocycles. The van der Waals surface area contributed by atoms with E-state index in [1.54, 1.807) is 6.08 Å². The molecule has 0 saturated heterocycles. The third kappa shape index (κ3) is 57.5. The standard InChI is InChI=1S/C65H125NO5/c1-3-5-7-9-11-13-15-16-32-36-39-43-47-51-55-59-65(70)71-60-56-52-48-44-40-37-34-31-29-27-25-23-21-19-17-18-20-22-24-26-28-30-33-35-38-42-46-50-54-58-64(69)66-62(61-67)63(68)57-53-49-45-41-14-12-10-8-6-4-2/h17,19,53,57,62-63,67-68H,3-16,18,20-52,54-56,58-61H2,1-2H3,(H,66,69)/b19-17-,57-53+. The third-order valence-corrected chi connectivity index (χ3v) is 15.0. The molecule has 0 saturated carbocycles. The van der Waals surface area contributed by atoms with E-state index < -0.39 is 12.1 Å². The first kappa shape index (κ1) is 69.3. The first-order chi connectivity index (χ1) is 35.0. The summed E-state index contributed by atoms with van der Waals surface area (Å²) in [5, 5.41) is 23.0. The molecule has 0 fully saturated rings. The molecular formula is C65H125NO5. The molecule has 0 rings (SSSR count). The van der Waals surface area contributed by atoms with Crippen LogP contribution in [-0.4, -0.2) is 47.4 Å². The number of carbonyl (C=O) groups excluding carboxylic acids is 2. The van der Waals surface area contributed by atoms with Crippen molar-refractivity contribution in [3.8, 4) is 0 Å². The monoisotopic (exact) mass is 1000 g/mol. The fourth-order valence-electron chi connectivity index (χ4n) is 10.0. The van der Waals surface area contributed by atoms with Crippen LogP contribution < -0.4 is 5.32 Å². The summed E-state index contributed by atoms with van der Waals surface area (Å²) >= 11 is 0. The maximum Gasteiger partial charge on any atom is 0.305 e. The Bertz CT molecular complexity index is 1110. The molecule has 0 aliphatic heterocycles. The van der Waals surface area contributed by atoms with Crippen LogP contribution in [0.3, 0.4) is 0 Å². The van der Waals surface area contributed by atoms with Crippen molar-refractivity contribution in [2.45, 2.75) is 366 Å². The molecule has 0 aromatic heterocycles. The Morgan fingerprint density at radius 2 is 0.662 bits per heavy atom. The van der Waals surface area contributed by atoms with Crippen LogP contribution in [0.1, 0.15) is 354 Å². The molecule has 0 radical (unpaired) electrons. The molecule has 6 nitrogen and oxygen atoms in total. The summed E-state index contributed by atoms with van der Waals surface area (Å²) in [7, 11) is 0. The average Bonchev–Trinajstić information content (AvgIpc) is 3.37. The number of esters is 1. The maximum atomic E-state index is 12.4. The topological polar surface area (TPSA) is 95.9 Å². The largest absolute Gasteiger partial charge is 0.466 e. The molecule has 0 aromatic rings. The first-order valence-corrected chi connectivity index (χ1v) is 32.1. The van der Waals surface area contributed by atoms with Gasteiger partial charge in [0.25, 0.3) is 0 Å². The van der Waals surface area contributed by atoms with Gasteiger partial charge in [-0.2, -0.15) is 0 Å². The van der Waals surface area contributed by atoms with Gasteiger partial charge in [0.15, 0.2) is 0 Å². The van der Waals surface area contributed by atoms with Crippen molar-refractivity contribution in [3.05, 3.63) is 24.3 Å². The fourth-order valence-corrected chi connectivity index (χ4v) is 10.0. The van der Waals surface area contributed by atoms with E-state index in [0.717, 1.165) is 38.5 Å². The number of aliphatic hydroxyl groups excluding tert-OH is 2. The molecule has 420 valence electrons. The van der Waals surface area contributed by atoms with Crippen LogP contribution in [-0.2, 0) is 14.3 Å². The normalized spacial score (nSPS) is 12.7. The second-order valence-corrected chi connectivity index (χ2v) is 22.1. The smallest absolute Gasteiger partial charge is 0.305 e. The number of amides is 1. The Balaban J connectivity index is 3.35. The van der Waals surface area contributed by atoms with E-state index in [-0.39, 0.29) is 18.5 Å². The molecule has 6 heteroatoms. The van der Waals surface area contributed by atoms with Crippen LogP contribution in [0.15, 0.2) is 24.3 Å². The molecule has 0 spiro atoms. The van der Waals surface area contributed by atoms with E-state index in [1.165, 1.54) is 289 Å². The molecule has 0 aliphatic rings. The van der Waals surface area contributed by atoms with Crippen molar-refractivity contribution >= 4 is 11.9 Å². The molecule has 0 aromatic carbocycles. The summed E-state index contributed by atoms with van der Waals surface area (Å²) in [4.78, 5) is 24.5. The van der Waals surface area contributed by atoms with E-state index >= 15 is 0 Å². The minimum atomic E-state index is -0.841. The van der Waals surface area contributed by atoms with Crippen molar-refractivity contribution in [2.24, 2.45) is 0 Å². The number of carbonyl (C=O) groups is 2. The fraction of sp³-hybridized carbons (Fsp3) is 0.908. The number of unbranched alkanes of at least 4 members (excludes halogenated alkanes) is 47. The zero-order valence-corrected chi connectivity index (χ0v) is 48.0. The van der Waals surface area contributed by atoms with Crippen LogP contribution in [0.4, 0.5) is 0 Å². The predicted molar refractivity (Wildman–Crippen MR) is 310 cm³/mol. The van der Waals surface area contributed by atoms with E-state index in [1.807, 2.05) is 6.08 Å². The number of aliphatic hydroxyl groups is 2. The highest BCUT2D eigenvalue weighted by molar-refractivity contribution is 5.76. The summed E-state index contributed by atoms with van der Waals surface area (Å²) in [6.07, 6.45) is 75.3. The second kappa shape index (κ2) is 60.9. The van der Waals surface area contributed by atoms with Gasteiger partial charge in [0.1, 0.15) is 0 Å². The summed E-state index contributed by atoms with van der Waals surface area (Å²) in [6, 6.07) is -0.625. The van der Waals surface area contributed by atoms with Crippen LogP contribution in [0.25, 0.3) is 0 Å². The summed E-state index contributed by atoms with van der Waals surface area (Å²) in [5.74, 6) is -0.0487. The quantitative estimate of drug-likeness (QED) is 0.0320. The SMILES string of the molecule is CCCCCCCCCC/C=C/C(O)C(CO)NC(=O)CCCCCCCCCCCCCCC/C=C\CCCCCCCCCCCCCCOC(=O)CCCCCCCCCCCCCCCCC. The van der Waals surface area contributed by atoms with Gasteiger partial charge in [-0.15, -0.1) is 0 Å². The van der Waals surface area contributed by atoms with Gasteiger partial charge < -0.3 is 20.3 Å². The Hall–Kier alpha value is -1.66. The van der Waals surface area contributed by atoms with E-state index in [9.17, 15) is 19.8 Å². The number of nitrogens with one attached hydrogen (secondary N) is 1. The number of ether oxygens (including phenoxy) is 1. The van der Waals surface area contributed by atoms with Crippen LogP contribution in [0, 0.1) is 0 Å². The molecule has 71 heavy (non-hydrogen) atoms. The number of hydrogen-bond donors (Lipinski definition) is 3. The number of hydrogen-bond acceptors (Lipinski definition) is 5. The van der Waals surface area contributed by atoms with Crippen molar-refractivity contribution in [2.75, 3.05) is 13.2 Å². The zero-order valence-electron chi connectivity index (χ0n) is 48.0. The molecule has 2 unspecified atom stereocenters. The van der Waals surface area contributed by atoms with Gasteiger partial charge in [0.2, 0.25) is 5.91 Å². The Morgan fingerprint density at radius 3 is 1.00 bits per heavy atom. The maximum absolute atomic E-state index is 12.4. The molecular weight excluding hydrogens is 875 g/mol. The second-order valence-electron chi connectivity index (χ2n) is 22.1. The molecule has 2 atom stereocenters. The minimum absolute atomic E-state index is 0.0193. The number of rotatable bonds is 60. The van der Waals surface area contributed by atoms with Gasteiger partial charge in [0.05, 0.1) is 25.4 Å². The Labute approximate surface area is 443 Å². The van der Waals surface area contributed by atoms with Crippen molar-refractivity contribution < 1.29 is 24.5 Å². The van der Waals surface area contributed by atoms with Gasteiger partial charge in [-0.25, -0.2) is 0 Å². The lowest BCUT2D eigenvalue weighted by Crippen LogP contribution is -2.45. The first-order valence-electron chi connectivity index (χ1n) is 32.1. The molecule has 0 aliphatic carbocycles. The summed E-state index contributed by atoms with van der Waals surface area (Å²) in [5.41, 5.74) is 0. The molecule has 3 N–H and O–H groups in total. The lowest BCUT2D eigenvalue weighted by atomic mass is 10.0. The number of allylic oxidation sites excluding steroid dienone is 3. The van der Waals surface area contributed by atoms with Crippen LogP contribution in [0.5, 0.6) is 0 Å². The lowest BCUT2D eigenvalue weighted by Gasteiger charge is -2.20. The highest BCUT2D eigenvalue weighted by Gasteiger charge is 2.18. The highest BCUT2D eigenvalue weighted by atomic mass is 16.5. The molecule has 1 amide bonds. The Kier molecular flexibility index (Phi) is 59.5. The van der Waals surface area contributed by atoms with E-state index in [2.05, 4.69) is 31.3 Å². The van der Waals surface area contributed by atoms with Crippen LogP contribution >= 0.6 is 0 Å². The van der Waals surface area contributed by atoms with Crippen molar-refractivity contribution in [1.82, 2.24) is 5.32 Å². The average molecular weight is 1000 g/mol.